The van der Waals surface area contributed by atoms with Crippen LogP contribution in [0, 0.1) is 0 Å². The van der Waals surface area contributed by atoms with E-state index in [4.69, 9.17) is 4.74 Å². The lowest BCUT2D eigenvalue weighted by molar-refractivity contribution is 0.112. The number of ether oxygens (including phenoxy) is 2. The molecule has 1 fully saturated rings. The SMILES string of the molecule is O=Cc1cccc([C@H]2COC(=O)O2)c1. The normalized spacial score (nSPS) is 20.0. The summed E-state index contributed by atoms with van der Waals surface area (Å²) < 4.78 is 9.51. The third-order valence-electron chi connectivity index (χ3n) is 2.01. The molecule has 2 rings (SSSR count). The Morgan fingerprint density at radius 1 is 1.43 bits per heavy atom. The van der Waals surface area contributed by atoms with Crippen LogP contribution in [-0.2, 0) is 9.47 Å². The molecule has 1 saturated heterocycles. The minimum absolute atomic E-state index is 0.209. The fraction of sp³-hybridized carbons (Fsp3) is 0.200. The van der Waals surface area contributed by atoms with Crippen LogP contribution in [0.1, 0.15) is 22.0 Å². The van der Waals surface area contributed by atoms with Gasteiger partial charge >= 0.3 is 6.16 Å². The molecule has 0 unspecified atom stereocenters. The molecule has 4 heteroatoms. The number of cyclic esters (lactones) is 2. The summed E-state index contributed by atoms with van der Waals surface area (Å²) >= 11 is 0. The highest BCUT2D eigenvalue weighted by atomic mass is 16.8. The second-order valence-electron chi connectivity index (χ2n) is 2.96. The molecule has 1 heterocycles. The summed E-state index contributed by atoms with van der Waals surface area (Å²) in [5.74, 6) is 0. The van der Waals surface area contributed by atoms with Gasteiger partial charge in [0.2, 0.25) is 0 Å². The first-order valence-electron chi connectivity index (χ1n) is 4.18. The predicted octanol–water partition coefficient (Wildman–Crippen LogP) is 1.71. The third-order valence-corrected chi connectivity index (χ3v) is 2.01. The summed E-state index contributed by atoms with van der Waals surface area (Å²) in [5.41, 5.74) is 1.34. The Kier molecular flexibility index (Phi) is 2.18. The maximum atomic E-state index is 10.7. The average molecular weight is 192 g/mol. The molecule has 1 atom stereocenters. The van der Waals surface area contributed by atoms with Crippen LogP contribution in [0.15, 0.2) is 24.3 Å². The molecular formula is C10H8O4. The van der Waals surface area contributed by atoms with Crippen LogP contribution >= 0.6 is 0 Å². The molecule has 1 aromatic carbocycles. The Balaban J connectivity index is 2.23. The van der Waals surface area contributed by atoms with Crippen molar-refractivity contribution in [1.29, 1.82) is 0 Å². The van der Waals surface area contributed by atoms with Crippen LogP contribution < -0.4 is 0 Å². The third kappa shape index (κ3) is 1.59. The zero-order chi connectivity index (χ0) is 9.97. The smallest absolute Gasteiger partial charge is 0.430 e. The molecular weight excluding hydrogens is 184 g/mol. The zero-order valence-electron chi connectivity index (χ0n) is 7.30. The molecule has 4 nitrogen and oxygen atoms in total. The van der Waals surface area contributed by atoms with Gasteiger partial charge in [-0.2, -0.15) is 0 Å². The molecule has 1 aliphatic heterocycles. The quantitative estimate of drug-likeness (QED) is 0.528. The van der Waals surface area contributed by atoms with E-state index in [0.717, 1.165) is 11.8 Å². The number of hydrogen-bond donors (Lipinski definition) is 0. The number of rotatable bonds is 2. The van der Waals surface area contributed by atoms with E-state index in [1.165, 1.54) is 0 Å². The first-order chi connectivity index (χ1) is 6.79. The monoisotopic (exact) mass is 192 g/mol. The summed E-state index contributed by atoms with van der Waals surface area (Å²) in [5, 5.41) is 0. The Morgan fingerprint density at radius 2 is 2.29 bits per heavy atom. The van der Waals surface area contributed by atoms with E-state index in [-0.39, 0.29) is 12.7 Å². The lowest BCUT2D eigenvalue weighted by Gasteiger charge is -2.06. The van der Waals surface area contributed by atoms with Gasteiger partial charge in [0.15, 0.2) is 6.10 Å². The van der Waals surface area contributed by atoms with Crippen molar-refractivity contribution in [3.05, 3.63) is 35.4 Å². The lowest BCUT2D eigenvalue weighted by Crippen LogP contribution is -2.00. The Labute approximate surface area is 80.4 Å². The van der Waals surface area contributed by atoms with Crippen LogP contribution in [0.4, 0.5) is 4.79 Å². The summed E-state index contributed by atoms with van der Waals surface area (Å²) in [6.07, 6.45) is -0.296. The van der Waals surface area contributed by atoms with E-state index < -0.39 is 6.16 Å². The maximum Gasteiger partial charge on any atom is 0.509 e. The molecule has 0 aliphatic carbocycles. The van der Waals surface area contributed by atoms with E-state index >= 15 is 0 Å². The minimum atomic E-state index is -0.661. The van der Waals surface area contributed by atoms with Crippen LogP contribution in [0.3, 0.4) is 0 Å². The van der Waals surface area contributed by atoms with Crippen LogP contribution in [-0.4, -0.2) is 19.0 Å². The number of aldehydes is 1. The van der Waals surface area contributed by atoms with Gasteiger partial charge in [-0.3, -0.25) is 4.79 Å². The molecule has 0 bridgehead atoms. The number of hydrogen-bond acceptors (Lipinski definition) is 4. The maximum absolute atomic E-state index is 10.7. The van der Waals surface area contributed by atoms with E-state index in [9.17, 15) is 9.59 Å². The van der Waals surface area contributed by atoms with Gasteiger partial charge in [0.05, 0.1) is 0 Å². The second-order valence-corrected chi connectivity index (χ2v) is 2.96. The molecule has 1 aliphatic rings. The first-order valence-corrected chi connectivity index (χ1v) is 4.18. The highest BCUT2D eigenvalue weighted by Crippen LogP contribution is 2.23. The summed E-state index contributed by atoms with van der Waals surface area (Å²) in [6.45, 7) is 0.209. The molecule has 0 aromatic heterocycles. The number of benzene rings is 1. The summed E-state index contributed by atoms with van der Waals surface area (Å²) in [6, 6.07) is 6.90. The largest absolute Gasteiger partial charge is 0.509 e. The van der Waals surface area contributed by atoms with Crippen molar-refractivity contribution in [3.63, 3.8) is 0 Å². The van der Waals surface area contributed by atoms with Gasteiger partial charge in [-0.1, -0.05) is 18.2 Å². The van der Waals surface area contributed by atoms with Crippen molar-refractivity contribution < 1.29 is 19.1 Å². The molecule has 0 spiro atoms. The molecule has 72 valence electrons. The topological polar surface area (TPSA) is 52.6 Å². The minimum Gasteiger partial charge on any atom is -0.430 e. The predicted molar refractivity (Wildman–Crippen MR) is 47.0 cm³/mol. The lowest BCUT2D eigenvalue weighted by atomic mass is 10.1. The van der Waals surface area contributed by atoms with Crippen molar-refractivity contribution >= 4 is 12.4 Å². The highest BCUT2D eigenvalue weighted by Gasteiger charge is 2.26. The molecule has 14 heavy (non-hydrogen) atoms. The van der Waals surface area contributed by atoms with Gasteiger partial charge in [-0.15, -0.1) is 0 Å². The van der Waals surface area contributed by atoms with E-state index in [0.29, 0.717) is 5.56 Å². The van der Waals surface area contributed by atoms with Crippen LogP contribution in [0.5, 0.6) is 0 Å². The van der Waals surface area contributed by atoms with Gasteiger partial charge in [0.1, 0.15) is 12.9 Å². The van der Waals surface area contributed by atoms with Crippen molar-refractivity contribution in [3.8, 4) is 0 Å². The highest BCUT2D eigenvalue weighted by molar-refractivity contribution is 5.75. The first kappa shape index (κ1) is 8.74. The van der Waals surface area contributed by atoms with E-state index in [1.807, 2.05) is 0 Å². The Bertz CT molecular complexity index is 372. The van der Waals surface area contributed by atoms with Gasteiger partial charge < -0.3 is 9.47 Å². The van der Waals surface area contributed by atoms with Gasteiger partial charge in [-0.05, 0) is 11.6 Å². The molecule has 0 radical (unpaired) electrons. The molecule has 0 amide bonds. The van der Waals surface area contributed by atoms with Gasteiger partial charge in [0.25, 0.3) is 0 Å². The summed E-state index contributed by atoms with van der Waals surface area (Å²) in [4.78, 5) is 21.2. The Hall–Kier alpha value is -1.84. The van der Waals surface area contributed by atoms with Gasteiger partial charge in [0, 0.05) is 5.56 Å². The molecule has 0 N–H and O–H groups in total. The molecule has 0 saturated carbocycles. The zero-order valence-corrected chi connectivity index (χ0v) is 7.30. The fourth-order valence-electron chi connectivity index (χ4n) is 1.32. The van der Waals surface area contributed by atoms with E-state index in [1.54, 1.807) is 24.3 Å². The number of carbonyl (C=O) groups is 2. The summed E-state index contributed by atoms with van der Waals surface area (Å²) in [7, 11) is 0. The van der Waals surface area contributed by atoms with Crippen molar-refractivity contribution in [2.24, 2.45) is 0 Å². The van der Waals surface area contributed by atoms with Gasteiger partial charge in [-0.25, -0.2) is 4.79 Å². The fourth-order valence-corrected chi connectivity index (χ4v) is 1.32. The van der Waals surface area contributed by atoms with Crippen LogP contribution in [0.25, 0.3) is 0 Å². The molecule has 1 aromatic rings. The standard InChI is InChI=1S/C10H8O4/c11-5-7-2-1-3-8(4-7)9-6-13-10(12)14-9/h1-5,9H,6H2/t9-/m1/s1. The van der Waals surface area contributed by atoms with Crippen LogP contribution in [0.2, 0.25) is 0 Å². The second kappa shape index (κ2) is 3.49. The van der Waals surface area contributed by atoms with Crippen molar-refractivity contribution in [2.75, 3.05) is 6.61 Å². The van der Waals surface area contributed by atoms with Crippen molar-refractivity contribution in [2.45, 2.75) is 6.10 Å². The average Bonchev–Trinajstić information content (AvgIpc) is 2.65. The van der Waals surface area contributed by atoms with Crippen molar-refractivity contribution in [1.82, 2.24) is 0 Å². The Morgan fingerprint density at radius 3 is 2.93 bits per heavy atom. The number of carbonyl (C=O) groups excluding carboxylic acids is 2. The van der Waals surface area contributed by atoms with E-state index in [2.05, 4.69) is 4.74 Å².